The predicted octanol–water partition coefficient (Wildman–Crippen LogP) is 6.99. The summed E-state index contributed by atoms with van der Waals surface area (Å²) in [4.78, 5) is 13.3. The SMILES string of the molecule is COc1cccc(C(=O)NCCNc2cccc(NSc3cc(-c4ccccc4Cl)ccc3OC)c2)c1. The van der Waals surface area contributed by atoms with Gasteiger partial charge in [0.1, 0.15) is 11.5 Å². The van der Waals surface area contributed by atoms with Gasteiger partial charge in [-0.05, 0) is 72.1 Å². The Hall–Kier alpha value is -3.81. The highest BCUT2D eigenvalue weighted by Gasteiger charge is 2.10. The van der Waals surface area contributed by atoms with Crippen LogP contribution in [0.15, 0.2) is 95.9 Å². The number of nitrogens with one attached hydrogen (secondary N) is 3. The van der Waals surface area contributed by atoms with Gasteiger partial charge in [0.05, 0.1) is 19.1 Å². The Kier molecular flexibility index (Phi) is 9.18. The molecule has 0 fully saturated rings. The first-order valence-corrected chi connectivity index (χ1v) is 12.9. The molecule has 6 nitrogen and oxygen atoms in total. The van der Waals surface area contributed by atoms with E-state index in [0.29, 0.717) is 29.4 Å². The molecule has 1 amide bonds. The zero-order valence-corrected chi connectivity index (χ0v) is 22.2. The van der Waals surface area contributed by atoms with E-state index in [2.05, 4.69) is 21.4 Å². The fourth-order valence-electron chi connectivity index (χ4n) is 3.68. The van der Waals surface area contributed by atoms with E-state index in [9.17, 15) is 4.79 Å². The van der Waals surface area contributed by atoms with Crippen molar-refractivity contribution < 1.29 is 14.3 Å². The summed E-state index contributed by atoms with van der Waals surface area (Å²) in [5.41, 5.74) is 4.43. The van der Waals surface area contributed by atoms with E-state index in [4.69, 9.17) is 21.1 Å². The largest absolute Gasteiger partial charge is 0.497 e. The molecule has 0 atom stereocenters. The molecule has 190 valence electrons. The molecule has 0 spiro atoms. The van der Waals surface area contributed by atoms with E-state index < -0.39 is 0 Å². The quantitative estimate of drug-likeness (QED) is 0.143. The minimum atomic E-state index is -0.138. The Morgan fingerprint density at radius 2 is 1.65 bits per heavy atom. The number of methoxy groups -OCH3 is 2. The molecule has 0 aromatic heterocycles. The summed E-state index contributed by atoms with van der Waals surface area (Å²) < 4.78 is 14.1. The molecule has 37 heavy (non-hydrogen) atoms. The van der Waals surface area contributed by atoms with Gasteiger partial charge in [0.2, 0.25) is 0 Å². The van der Waals surface area contributed by atoms with Crippen LogP contribution in [0.4, 0.5) is 11.4 Å². The monoisotopic (exact) mass is 533 g/mol. The zero-order valence-electron chi connectivity index (χ0n) is 20.6. The van der Waals surface area contributed by atoms with E-state index in [1.165, 1.54) is 11.9 Å². The van der Waals surface area contributed by atoms with Crippen LogP contribution in [0.25, 0.3) is 11.1 Å². The summed E-state index contributed by atoms with van der Waals surface area (Å²) in [5.74, 6) is 1.29. The topological polar surface area (TPSA) is 71.6 Å². The number of rotatable bonds is 11. The fourth-order valence-corrected chi connectivity index (χ4v) is 4.71. The Morgan fingerprint density at radius 1 is 0.838 bits per heavy atom. The lowest BCUT2D eigenvalue weighted by atomic mass is 10.1. The van der Waals surface area contributed by atoms with Crippen molar-refractivity contribution in [3.63, 3.8) is 0 Å². The van der Waals surface area contributed by atoms with Crippen molar-refractivity contribution in [2.75, 3.05) is 37.3 Å². The summed E-state index contributed by atoms with van der Waals surface area (Å²) in [6.07, 6.45) is 0. The minimum absolute atomic E-state index is 0.138. The first-order chi connectivity index (χ1) is 18.1. The van der Waals surface area contributed by atoms with Crippen molar-refractivity contribution >= 4 is 40.8 Å². The summed E-state index contributed by atoms with van der Waals surface area (Å²) in [5, 5.41) is 6.96. The van der Waals surface area contributed by atoms with Gasteiger partial charge in [0.15, 0.2) is 0 Å². The molecule has 0 saturated carbocycles. The molecule has 4 aromatic rings. The fraction of sp³-hybridized carbons (Fsp3) is 0.138. The van der Waals surface area contributed by atoms with Gasteiger partial charge in [0, 0.05) is 40.6 Å². The predicted molar refractivity (Wildman–Crippen MR) is 153 cm³/mol. The standard InChI is InChI=1S/C29H28ClN3O3S/c1-35-24-10-5-7-21(17-24)29(34)32-16-15-31-22-8-6-9-23(19-22)33-37-28-18-20(13-14-27(28)36-2)25-11-3-4-12-26(25)30/h3-14,17-19,31,33H,15-16H2,1-2H3,(H,32,34). The Bertz CT molecular complexity index is 1370. The molecule has 0 aliphatic heterocycles. The molecule has 4 aromatic carbocycles. The van der Waals surface area contributed by atoms with Crippen LogP contribution in [0, 0.1) is 0 Å². The van der Waals surface area contributed by atoms with Gasteiger partial charge >= 0.3 is 0 Å². The third-order valence-electron chi connectivity index (χ3n) is 5.56. The van der Waals surface area contributed by atoms with Crippen LogP contribution >= 0.6 is 23.5 Å². The third kappa shape index (κ3) is 7.12. The van der Waals surface area contributed by atoms with Gasteiger partial charge < -0.3 is 24.8 Å². The molecule has 8 heteroatoms. The van der Waals surface area contributed by atoms with E-state index >= 15 is 0 Å². The number of hydrogen-bond acceptors (Lipinski definition) is 6. The van der Waals surface area contributed by atoms with Gasteiger partial charge in [-0.3, -0.25) is 4.79 Å². The van der Waals surface area contributed by atoms with Crippen LogP contribution in [0.1, 0.15) is 10.4 Å². The lowest BCUT2D eigenvalue weighted by Crippen LogP contribution is -2.28. The van der Waals surface area contributed by atoms with Gasteiger partial charge in [-0.2, -0.15) is 0 Å². The van der Waals surface area contributed by atoms with E-state index in [1.807, 2.05) is 66.7 Å². The number of benzene rings is 4. The highest BCUT2D eigenvalue weighted by Crippen LogP contribution is 2.36. The van der Waals surface area contributed by atoms with Gasteiger partial charge in [0.25, 0.3) is 5.91 Å². The number of carbonyl (C=O) groups is 1. The number of halogens is 1. The second-order valence-corrected chi connectivity index (χ2v) is 9.30. The molecule has 0 aliphatic carbocycles. The smallest absolute Gasteiger partial charge is 0.251 e. The Labute approximate surface area is 226 Å². The molecular weight excluding hydrogens is 506 g/mol. The molecule has 0 bridgehead atoms. The van der Waals surface area contributed by atoms with Crippen LogP contribution in [0.3, 0.4) is 0 Å². The van der Waals surface area contributed by atoms with Crippen LogP contribution in [-0.4, -0.2) is 33.2 Å². The number of ether oxygens (including phenoxy) is 2. The Morgan fingerprint density at radius 3 is 2.46 bits per heavy atom. The first kappa shape index (κ1) is 26.3. The van der Waals surface area contributed by atoms with Crippen molar-refractivity contribution in [3.05, 3.63) is 102 Å². The average molecular weight is 534 g/mol. The van der Waals surface area contributed by atoms with Crippen molar-refractivity contribution in [2.24, 2.45) is 0 Å². The molecule has 4 rings (SSSR count). The lowest BCUT2D eigenvalue weighted by molar-refractivity contribution is 0.0955. The molecule has 0 unspecified atom stereocenters. The summed E-state index contributed by atoms with van der Waals surface area (Å²) in [7, 11) is 3.24. The molecular formula is C29H28ClN3O3S. The van der Waals surface area contributed by atoms with E-state index in [-0.39, 0.29) is 5.91 Å². The number of anilines is 2. The van der Waals surface area contributed by atoms with Crippen LogP contribution in [0.2, 0.25) is 5.02 Å². The summed E-state index contributed by atoms with van der Waals surface area (Å²) >= 11 is 7.87. The first-order valence-electron chi connectivity index (χ1n) is 11.7. The third-order valence-corrected chi connectivity index (χ3v) is 6.77. The van der Waals surface area contributed by atoms with Gasteiger partial charge in [-0.15, -0.1) is 0 Å². The zero-order chi connectivity index (χ0) is 26.0. The highest BCUT2D eigenvalue weighted by atomic mass is 35.5. The number of carbonyl (C=O) groups excluding carboxylic acids is 1. The van der Waals surface area contributed by atoms with E-state index in [1.54, 1.807) is 32.4 Å². The van der Waals surface area contributed by atoms with Crippen LogP contribution < -0.4 is 24.8 Å². The minimum Gasteiger partial charge on any atom is -0.497 e. The number of hydrogen-bond donors (Lipinski definition) is 3. The molecule has 0 saturated heterocycles. The summed E-state index contributed by atoms with van der Waals surface area (Å²) in [6, 6.07) is 28.8. The summed E-state index contributed by atoms with van der Waals surface area (Å²) in [6.45, 7) is 1.06. The molecule has 0 heterocycles. The van der Waals surface area contributed by atoms with Crippen molar-refractivity contribution in [2.45, 2.75) is 4.90 Å². The van der Waals surface area contributed by atoms with Gasteiger partial charge in [-0.25, -0.2) is 0 Å². The van der Waals surface area contributed by atoms with Crippen LogP contribution in [0.5, 0.6) is 11.5 Å². The van der Waals surface area contributed by atoms with Crippen molar-refractivity contribution in [1.29, 1.82) is 0 Å². The second kappa shape index (κ2) is 12.9. The maximum absolute atomic E-state index is 12.4. The van der Waals surface area contributed by atoms with Crippen molar-refractivity contribution in [3.8, 4) is 22.6 Å². The van der Waals surface area contributed by atoms with Gasteiger partial charge in [-0.1, -0.05) is 48.0 Å². The van der Waals surface area contributed by atoms with Crippen molar-refractivity contribution in [1.82, 2.24) is 5.32 Å². The van der Waals surface area contributed by atoms with Crippen LogP contribution in [-0.2, 0) is 0 Å². The highest BCUT2D eigenvalue weighted by molar-refractivity contribution is 8.00. The normalized spacial score (nSPS) is 10.5. The molecule has 0 aliphatic rings. The molecule has 0 radical (unpaired) electrons. The maximum atomic E-state index is 12.4. The second-order valence-electron chi connectivity index (χ2n) is 8.05. The number of amides is 1. The maximum Gasteiger partial charge on any atom is 0.251 e. The molecule has 3 N–H and O–H groups in total. The van der Waals surface area contributed by atoms with E-state index in [0.717, 1.165) is 33.1 Å². The Balaban J connectivity index is 1.33. The lowest BCUT2D eigenvalue weighted by Gasteiger charge is -2.13. The average Bonchev–Trinajstić information content (AvgIpc) is 2.94.